The first-order chi connectivity index (χ1) is 7.19. The first-order valence-electron chi connectivity index (χ1n) is 5.38. The van der Waals surface area contributed by atoms with Crippen molar-refractivity contribution in [3.8, 4) is 0 Å². The fraction of sp³-hybridized carbons (Fsp3) is 0.900. The van der Waals surface area contributed by atoms with E-state index in [1.807, 2.05) is 11.9 Å². The van der Waals surface area contributed by atoms with E-state index in [4.69, 9.17) is 10.6 Å². The Kier molecular flexibility index (Phi) is 5.01. The highest BCUT2D eigenvalue weighted by molar-refractivity contribution is 5.81. The van der Waals surface area contributed by atoms with Gasteiger partial charge in [0, 0.05) is 13.7 Å². The molecule has 0 aromatic rings. The van der Waals surface area contributed by atoms with Gasteiger partial charge in [-0.05, 0) is 25.8 Å². The van der Waals surface area contributed by atoms with Crippen molar-refractivity contribution in [2.45, 2.75) is 25.3 Å². The van der Waals surface area contributed by atoms with Gasteiger partial charge in [-0.2, -0.15) is 0 Å². The van der Waals surface area contributed by atoms with Crippen LogP contribution in [-0.2, 0) is 9.53 Å². The number of ether oxygens (including phenoxy) is 1. The molecule has 1 rings (SSSR count). The normalized spacial score (nSPS) is 18.7. The number of hydrazine groups is 1. The molecule has 0 aromatic carbocycles. The molecule has 88 valence electrons. The van der Waals surface area contributed by atoms with Crippen molar-refractivity contribution < 1.29 is 9.53 Å². The van der Waals surface area contributed by atoms with E-state index in [9.17, 15) is 4.79 Å². The van der Waals surface area contributed by atoms with Crippen LogP contribution in [0.15, 0.2) is 0 Å². The van der Waals surface area contributed by atoms with Gasteiger partial charge in [0.25, 0.3) is 5.91 Å². The fourth-order valence-electron chi connectivity index (χ4n) is 1.87. The lowest BCUT2D eigenvalue weighted by Gasteiger charge is -2.33. The number of hydrogen-bond donors (Lipinski definition) is 2. The van der Waals surface area contributed by atoms with Crippen LogP contribution < -0.4 is 11.3 Å². The molecule has 0 radical (unpaired) electrons. The number of nitrogens with one attached hydrogen (secondary N) is 1. The van der Waals surface area contributed by atoms with Gasteiger partial charge in [-0.3, -0.25) is 15.1 Å². The predicted octanol–water partition coefficient (Wildman–Crippen LogP) is -0.277. The van der Waals surface area contributed by atoms with Crippen molar-refractivity contribution in [1.29, 1.82) is 0 Å². The predicted molar refractivity (Wildman–Crippen MR) is 58.0 cm³/mol. The van der Waals surface area contributed by atoms with Crippen molar-refractivity contribution in [2.24, 2.45) is 11.8 Å². The molecule has 5 heteroatoms. The SMILES string of the molecule is COCC(C(=O)NN)N(C)CC1CCC1. The first-order valence-corrected chi connectivity index (χ1v) is 5.38. The number of carbonyl (C=O) groups is 1. The molecule has 0 spiro atoms. The lowest BCUT2D eigenvalue weighted by atomic mass is 9.85. The number of amides is 1. The zero-order valence-corrected chi connectivity index (χ0v) is 9.53. The number of likely N-dealkylation sites (N-methyl/N-ethyl adjacent to an activating group) is 1. The van der Waals surface area contributed by atoms with E-state index < -0.39 is 0 Å². The Balaban J connectivity index is 2.41. The molecule has 1 amide bonds. The van der Waals surface area contributed by atoms with Crippen molar-refractivity contribution in [2.75, 3.05) is 27.3 Å². The summed E-state index contributed by atoms with van der Waals surface area (Å²) in [5, 5.41) is 0. The lowest BCUT2D eigenvalue weighted by Crippen LogP contribution is -2.51. The van der Waals surface area contributed by atoms with Crippen LogP contribution in [0.3, 0.4) is 0 Å². The Morgan fingerprint density at radius 1 is 1.67 bits per heavy atom. The Labute approximate surface area is 90.9 Å². The van der Waals surface area contributed by atoms with Crippen LogP contribution in [0.5, 0.6) is 0 Å². The lowest BCUT2D eigenvalue weighted by molar-refractivity contribution is -0.128. The molecule has 3 N–H and O–H groups in total. The fourth-order valence-corrected chi connectivity index (χ4v) is 1.87. The second-order valence-corrected chi connectivity index (χ2v) is 4.22. The molecule has 0 heterocycles. The van der Waals surface area contributed by atoms with Gasteiger partial charge in [-0.1, -0.05) is 6.42 Å². The monoisotopic (exact) mass is 215 g/mol. The number of carbonyl (C=O) groups excluding carboxylic acids is 1. The van der Waals surface area contributed by atoms with Crippen LogP contribution in [0.1, 0.15) is 19.3 Å². The quantitative estimate of drug-likeness (QED) is 0.363. The van der Waals surface area contributed by atoms with Gasteiger partial charge in [0.05, 0.1) is 6.61 Å². The van der Waals surface area contributed by atoms with E-state index in [0.29, 0.717) is 6.61 Å². The minimum atomic E-state index is -0.277. The summed E-state index contributed by atoms with van der Waals surface area (Å²) in [7, 11) is 3.53. The molecule has 1 saturated carbocycles. The van der Waals surface area contributed by atoms with Crippen molar-refractivity contribution in [1.82, 2.24) is 10.3 Å². The van der Waals surface area contributed by atoms with Crippen LogP contribution in [0.2, 0.25) is 0 Å². The maximum absolute atomic E-state index is 11.5. The van der Waals surface area contributed by atoms with Gasteiger partial charge in [0.15, 0.2) is 0 Å². The molecule has 0 aliphatic heterocycles. The highest BCUT2D eigenvalue weighted by Crippen LogP contribution is 2.27. The average Bonchev–Trinajstić information content (AvgIpc) is 2.18. The van der Waals surface area contributed by atoms with Crippen molar-refractivity contribution in [3.63, 3.8) is 0 Å². The molecule has 0 aromatic heterocycles. The maximum atomic E-state index is 11.5. The van der Waals surface area contributed by atoms with Crippen molar-refractivity contribution >= 4 is 5.91 Å². The number of methoxy groups -OCH3 is 1. The number of hydrogen-bond acceptors (Lipinski definition) is 4. The van der Waals surface area contributed by atoms with E-state index in [0.717, 1.165) is 12.5 Å². The van der Waals surface area contributed by atoms with Crippen molar-refractivity contribution in [3.05, 3.63) is 0 Å². The van der Waals surface area contributed by atoms with Crippen LogP contribution in [0.4, 0.5) is 0 Å². The summed E-state index contributed by atoms with van der Waals surface area (Å²) < 4.78 is 5.02. The summed E-state index contributed by atoms with van der Waals surface area (Å²) in [6.45, 7) is 1.33. The zero-order valence-electron chi connectivity index (χ0n) is 9.53. The minimum absolute atomic E-state index is 0.182. The molecule has 1 fully saturated rings. The van der Waals surface area contributed by atoms with Crippen LogP contribution in [-0.4, -0.2) is 44.2 Å². The maximum Gasteiger partial charge on any atom is 0.253 e. The molecule has 1 aliphatic rings. The van der Waals surface area contributed by atoms with Gasteiger partial charge >= 0.3 is 0 Å². The number of rotatable bonds is 6. The Morgan fingerprint density at radius 2 is 2.33 bits per heavy atom. The first kappa shape index (κ1) is 12.4. The number of nitrogens with zero attached hydrogens (tertiary/aromatic N) is 1. The third-order valence-electron chi connectivity index (χ3n) is 3.07. The molecular weight excluding hydrogens is 194 g/mol. The van der Waals surface area contributed by atoms with Gasteiger partial charge in [0.2, 0.25) is 0 Å². The topological polar surface area (TPSA) is 67.6 Å². The largest absolute Gasteiger partial charge is 0.383 e. The Morgan fingerprint density at radius 3 is 2.73 bits per heavy atom. The zero-order chi connectivity index (χ0) is 11.3. The molecule has 0 saturated heterocycles. The van der Waals surface area contributed by atoms with E-state index in [2.05, 4.69) is 5.43 Å². The second-order valence-electron chi connectivity index (χ2n) is 4.22. The van der Waals surface area contributed by atoms with E-state index in [1.54, 1.807) is 7.11 Å². The standard InChI is InChI=1S/C10H21N3O2/c1-13(6-8-4-3-5-8)9(7-15-2)10(14)12-11/h8-9H,3-7,11H2,1-2H3,(H,12,14). The highest BCUT2D eigenvalue weighted by atomic mass is 16.5. The number of nitrogens with two attached hydrogens (primary N) is 1. The smallest absolute Gasteiger partial charge is 0.253 e. The molecule has 5 nitrogen and oxygen atoms in total. The van der Waals surface area contributed by atoms with E-state index >= 15 is 0 Å². The summed E-state index contributed by atoms with van der Waals surface area (Å²) in [4.78, 5) is 13.5. The van der Waals surface area contributed by atoms with E-state index in [1.165, 1.54) is 19.3 Å². The minimum Gasteiger partial charge on any atom is -0.383 e. The summed E-state index contributed by atoms with van der Waals surface area (Å²) in [6.07, 6.45) is 3.86. The molecular formula is C10H21N3O2. The summed E-state index contributed by atoms with van der Waals surface area (Å²) in [5.74, 6) is 5.69. The van der Waals surface area contributed by atoms with Gasteiger partial charge in [-0.25, -0.2) is 5.84 Å². The van der Waals surface area contributed by atoms with Gasteiger partial charge in [-0.15, -0.1) is 0 Å². The van der Waals surface area contributed by atoms with E-state index in [-0.39, 0.29) is 11.9 Å². The highest BCUT2D eigenvalue weighted by Gasteiger charge is 2.26. The Hall–Kier alpha value is -0.650. The third kappa shape index (κ3) is 3.44. The molecule has 1 unspecified atom stereocenters. The van der Waals surface area contributed by atoms with Crippen LogP contribution in [0.25, 0.3) is 0 Å². The second kappa shape index (κ2) is 6.05. The average molecular weight is 215 g/mol. The molecule has 0 bridgehead atoms. The van der Waals surface area contributed by atoms with Gasteiger partial charge < -0.3 is 4.74 Å². The molecule has 1 aliphatic carbocycles. The van der Waals surface area contributed by atoms with Crippen LogP contribution in [0, 0.1) is 5.92 Å². The molecule has 15 heavy (non-hydrogen) atoms. The van der Waals surface area contributed by atoms with Gasteiger partial charge in [0.1, 0.15) is 6.04 Å². The summed E-state index contributed by atoms with van der Waals surface area (Å²) >= 11 is 0. The summed E-state index contributed by atoms with van der Waals surface area (Å²) in [6, 6.07) is -0.277. The summed E-state index contributed by atoms with van der Waals surface area (Å²) in [5.41, 5.74) is 2.18. The third-order valence-corrected chi connectivity index (χ3v) is 3.07. The molecule has 1 atom stereocenters. The van der Waals surface area contributed by atoms with Crippen LogP contribution >= 0.6 is 0 Å². The Bertz CT molecular complexity index is 207.